The number of carbonyl (C=O) groups is 2. The molecule has 0 saturated carbocycles. The summed E-state index contributed by atoms with van der Waals surface area (Å²) in [4.78, 5) is 23.1. The Hall–Kier alpha value is -1.95. The highest BCUT2D eigenvalue weighted by Gasteiger charge is 2.05. The predicted molar refractivity (Wildman–Crippen MR) is 102 cm³/mol. The number of thiocarbonyl (C=S) groups is 1. The van der Waals surface area contributed by atoms with Crippen molar-refractivity contribution in [3.8, 4) is 0 Å². The molecule has 3 N–H and O–H groups in total. The standard InChI is InChI=1S/C18H27N3O2S/c1-3-4-5-6-7-8-16(22)21-18(24)20-15-11-9-14(10-12-15)13-17(23)19-2/h9-12H,3-8,13H2,1-2H3,(H,19,23)(H2,20,21,22,24). The van der Waals surface area contributed by atoms with Gasteiger partial charge in [0.1, 0.15) is 0 Å². The van der Waals surface area contributed by atoms with Crippen molar-refractivity contribution < 1.29 is 9.59 Å². The first-order chi connectivity index (χ1) is 11.5. The highest BCUT2D eigenvalue weighted by Crippen LogP contribution is 2.10. The van der Waals surface area contributed by atoms with E-state index in [4.69, 9.17) is 12.2 Å². The van der Waals surface area contributed by atoms with E-state index in [2.05, 4.69) is 22.9 Å². The average molecular weight is 350 g/mol. The van der Waals surface area contributed by atoms with Crippen molar-refractivity contribution >= 4 is 34.8 Å². The largest absolute Gasteiger partial charge is 0.359 e. The third-order valence-electron chi connectivity index (χ3n) is 3.62. The predicted octanol–water partition coefficient (Wildman–Crippen LogP) is 3.15. The van der Waals surface area contributed by atoms with Gasteiger partial charge in [-0.3, -0.25) is 9.59 Å². The van der Waals surface area contributed by atoms with Gasteiger partial charge in [0.15, 0.2) is 5.11 Å². The Balaban J connectivity index is 2.31. The fourth-order valence-electron chi connectivity index (χ4n) is 2.22. The van der Waals surface area contributed by atoms with Gasteiger partial charge in [0, 0.05) is 19.2 Å². The number of likely N-dealkylation sites (N-methyl/N-ethyl adjacent to an activating group) is 1. The molecule has 0 atom stereocenters. The number of benzene rings is 1. The van der Waals surface area contributed by atoms with Crippen LogP contribution in [-0.4, -0.2) is 24.0 Å². The molecule has 0 aliphatic heterocycles. The molecule has 0 unspecified atom stereocenters. The van der Waals surface area contributed by atoms with Crippen molar-refractivity contribution in [3.05, 3.63) is 29.8 Å². The second-order valence-electron chi connectivity index (χ2n) is 5.71. The minimum Gasteiger partial charge on any atom is -0.359 e. The summed E-state index contributed by atoms with van der Waals surface area (Å²) in [5, 5.41) is 8.56. The number of hydrogen-bond acceptors (Lipinski definition) is 3. The van der Waals surface area contributed by atoms with E-state index in [1.165, 1.54) is 19.3 Å². The zero-order chi connectivity index (χ0) is 17.8. The van der Waals surface area contributed by atoms with E-state index in [-0.39, 0.29) is 11.8 Å². The van der Waals surface area contributed by atoms with Crippen molar-refractivity contribution in [2.75, 3.05) is 12.4 Å². The second kappa shape index (κ2) is 11.6. The normalized spacial score (nSPS) is 10.1. The lowest BCUT2D eigenvalue weighted by molar-refractivity contribution is -0.120. The van der Waals surface area contributed by atoms with Crippen LogP contribution in [0.3, 0.4) is 0 Å². The Morgan fingerprint density at radius 1 is 1.00 bits per heavy atom. The molecule has 0 spiro atoms. The number of hydrogen-bond donors (Lipinski definition) is 3. The molecular formula is C18H27N3O2S. The molecule has 0 bridgehead atoms. The quantitative estimate of drug-likeness (QED) is 0.473. The van der Waals surface area contributed by atoms with Crippen LogP contribution in [0.4, 0.5) is 5.69 Å². The summed E-state index contributed by atoms with van der Waals surface area (Å²) >= 11 is 5.15. The number of carbonyl (C=O) groups excluding carboxylic acids is 2. The van der Waals surface area contributed by atoms with Crippen molar-refractivity contribution in [1.82, 2.24) is 10.6 Å². The Kier molecular flexibility index (Phi) is 9.68. The smallest absolute Gasteiger partial charge is 0.226 e. The molecule has 5 nitrogen and oxygen atoms in total. The number of unbranched alkanes of at least 4 members (excludes halogenated alkanes) is 4. The van der Waals surface area contributed by atoms with Gasteiger partial charge in [-0.25, -0.2) is 0 Å². The minimum absolute atomic E-state index is 0.0302. The zero-order valence-corrected chi connectivity index (χ0v) is 15.3. The molecule has 0 aromatic heterocycles. The molecule has 0 heterocycles. The van der Waals surface area contributed by atoms with E-state index in [1.54, 1.807) is 7.05 Å². The molecule has 0 radical (unpaired) electrons. The van der Waals surface area contributed by atoms with Crippen LogP contribution in [0.2, 0.25) is 0 Å². The first-order valence-electron chi connectivity index (χ1n) is 8.45. The lowest BCUT2D eigenvalue weighted by atomic mass is 10.1. The maximum Gasteiger partial charge on any atom is 0.226 e. The summed E-state index contributed by atoms with van der Waals surface area (Å²) in [5.41, 5.74) is 1.70. The molecule has 6 heteroatoms. The van der Waals surface area contributed by atoms with Gasteiger partial charge in [-0.2, -0.15) is 0 Å². The van der Waals surface area contributed by atoms with Gasteiger partial charge < -0.3 is 16.0 Å². The highest BCUT2D eigenvalue weighted by atomic mass is 32.1. The molecular weight excluding hydrogens is 322 g/mol. The fourth-order valence-corrected chi connectivity index (χ4v) is 2.45. The van der Waals surface area contributed by atoms with Crippen LogP contribution < -0.4 is 16.0 Å². The van der Waals surface area contributed by atoms with Crippen molar-refractivity contribution in [1.29, 1.82) is 0 Å². The molecule has 1 aromatic carbocycles. The molecule has 0 aliphatic rings. The van der Waals surface area contributed by atoms with Gasteiger partial charge in [0.25, 0.3) is 0 Å². The molecule has 1 rings (SSSR count). The second-order valence-corrected chi connectivity index (χ2v) is 6.12. The monoisotopic (exact) mass is 349 g/mol. The van der Waals surface area contributed by atoms with E-state index >= 15 is 0 Å². The number of amides is 2. The molecule has 0 fully saturated rings. The summed E-state index contributed by atoms with van der Waals surface area (Å²) in [6.07, 6.45) is 6.40. The van der Waals surface area contributed by atoms with Crippen LogP contribution in [0.15, 0.2) is 24.3 Å². The number of rotatable bonds is 9. The Bertz CT molecular complexity index is 544. The number of anilines is 1. The average Bonchev–Trinajstić information content (AvgIpc) is 2.56. The zero-order valence-electron chi connectivity index (χ0n) is 14.5. The maximum atomic E-state index is 11.8. The lowest BCUT2D eigenvalue weighted by Gasteiger charge is -2.10. The van der Waals surface area contributed by atoms with Gasteiger partial charge in [0.05, 0.1) is 6.42 Å². The van der Waals surface area contributed by atoms with E-state index in [9.17, 15) is 9.59 Å². The van der Waals surface area contributed by atoms with Crippen LogP contribution in [0.25, 0.3) is 0 Å². The number of nitrogens with one attached hydrogen (secondary N) is 3. The van der Waals surface area contributed by atoms with E-state index in [1.807, 2.05) is 24.3 Å². The summed E-state index contributed by atoms with van der Waals surface area (Å²) in [5.74, 6) is -0.0855. The topological polar surface area (TPSA) is 70.2 Å². The highest BCUT2D eigenvalue weighted by molar-refractivity contribution is 7.80. The van der Waals surface area contributed by atoms with Crippen LogP contribution in [0.5, 0.6) is 0 Å². The van der Waals surface area contributed by atoms with Crippen LogP contribution >= 0.6 is 12.2 Å². The van der Waals surface area contributed by atoms with Gasteiger partial charge in [-0.05, 0) is 36.3 Å². The van der Waals surface area contributed by atoms with E-state index in [0.717, 1.165) is 24.1 Å². The minimum atomic E-state index is -0.0553. The van der Waals surface area contributed by atoms with E-state index < -0.39 is 0 Å². The molecule has 132 valence electrons. The van der Waals surface area contributed by atoms with Crippen molar-refractivity contribution in [2.24, 2.45) is 0 Å². The molecule has 2 amide bonds. The summed E-state index contributed by atoms with van der Waals surface area (Å²) in [7, 11) is 1.61. The molecule has 24 heavy (non-hydrogen) atoms. The summed E-state index contributed by atoms with van der Waals surface area (Å²) in [6, 6.07) is 7.38. The van der Waals surface area contributed by atoms with Gasteiger partial charge in [0.2, 0.25) is 11.8 Å². The molecule has 0 aliphatic carbocycles. The van der Waals surface area contributed by atoms with Gasteiger partial charge in [-0.1, -0.05) is 44.7 Å². The Morgan fingerprint density at radius 2 is 1.67 bits per heavy atom. The summed E-state index contributed by atoms with van der Waals surface area (Å²) in [6.45, 7) is 2.17. The summed E-state index contributed by atoms with van der Waals surface area (Å²) < 4.78 is 0. The Morgan fingerprint density at radius 3 is 2.29 bits per heavy atom. The SMILES string of the molecule is CCCCCCCC(=O)NC(=S)Nc1ccc(CC(=O)NC)cc1. The third kappa shape index (κ3) is 8.62. The fraction of sp³-hybridized carbons (Fsp3) is 0.500. The third-order valence-corrected chi connectivity index (χ3v) is 3.82. The van der Waals surface area contributed by atoms with Crippen LogP contribution in [0, 0.1) is 0 Å². The van der Waals surface area contributed by atoms with Crippen LogP contribution in [0.1, 0.15) is 51.0 Å². The first kappa shape index (κ1) is 20.1. The molecule has 1 aromatic rings. The lowest BCUT2D eigenvalue weighted by Crippen LogP contribution is -2.33. The van der Waals surface area contributed by atoms with Crippen molar-refractivity contribution in [2.45, 2.75) is 51.9 Å². The first-order valence-corrected chi connectivity index (χ1v) is 8.86. The van der Waals surface area contributed by atoms with Gasteiger partial charge in [-0.15, -0.1) is 0 Å². The maximum absolute atomic E-state index is 11.8. The molecule has 0 saturated heterocycles. The van der Waals surface area contributed by atoms with Crippen LogP contribution in [-0.2, 0) is 16.0 Å². The van der Waals surface area contributed by atoms with E-state index in [0.29, 0.717) is 18.0 Å². The Labute approximate surface area is 149 Å². The van der Waals surface area contributed by atoms with Crippen molar-refractivity contribution in [3.63, 3.8) is 0 Å². The van der Waals surface area contributed by atoms with Gasteiger partial charge >= 0.3 is 0 Å².